The van der Waals surface area contributed by atoms with Gasteiger partial charge in [0.1, 0.15) is 0 Å². The van der Waals surface area contributed by atoms with Crippen LogP contribution in [0, 0.1) is 0 Å². The lowest BCUT2D eigenvalue weighted by Crippen LogP contribution is -2.40. The zero-order chi connectivity index (χ0) is 21.6. The highest BCUT2D eigenvalue weighted by Crippen LogP contribution is 2.12. The van der Waals surface area contributed by atoms with Crippen LogP contribution in [0.25, 0.3) is 0 Å². The van der Waals surface area contributed by atoms with Crippen LogP contribution in [0.2, 0.25) is 0 Å². The smallest absolute Gasteiger partial charge is 0.220 e. The average Bonchev–Trinajstić information content (AvgIpc) is 2.71. The third kappa shape index (κ3) is 20.2. The van der Waals surface area contributed by atoms with Crippen molar-refractivity contribution in [2.24, 2.45) is 0 Å². The molecule has 0 saturated heterocycles. The third-order valence-electron chi connectivity index (χ3n) is 5.72. The molecule has 3 heteroatoms. The summed E-state index contributed by atoms with van der Waals surface area (Å²) in [5.41, 5.74) is 0. The van der Waals surface area contributed by atoms with Crippen molar-refractivity contribution >= 4 is 5.91 Å². The molecule has 0 aliphatic rings. The molecule has 2 N–H and O–H groups in total. The Kier molecular flexibility index (Phi) is 21.2. The fourth-order valence-electron chi connectivity index (χ4n) is 3.63. The number of unbranched alkanes of at least 4 members (excludes halogenated alkanes) is 15. The van der Waals surface area contributed by atoms with Gasteiger partial charge in [-0.1, -0.05) is 116 Å². The Hall–Kier alpha value is -0.830. The molecule has 0 aliphatic heterocycles. The Balaban J connectivity index is 3.54. The van der Waals surface area contributed by atoms with Crippen LogP contribution in [0.5, 0.6) is 0 Å². The van der Waals surface area contributed by atoms with Crippen molar-refractivity contribution in [2.45, 2.75) is 148 Å². The van der Waals surface area contributed by atoms with Crippen LogP contribution in [-0.2, 0) is 4.79 Å². The summed E-state index contributed by atoms with van der Waals surface area (Å²) in [4.78, 5) is 11.9. The maximum absolute atomic E-state index is 11.9. The van der Waals surface area contributed by atoms with Crippen molar-refractivity contribution in [3.8, 4) is 0 Å². The molecule has 0 aromatic rings. The molecular weight excluding hydrogens is 358 g/mol. The minimum absolute atomic E-state index is 0.0619. The van der Waals surface area contributed by atoms with Crippen molar-refractivity contribution in [3.63, 3.8) is 0 Å². The van der Waals surface area contributed by atoms with Gasteiger partial charge >= 0.3 is 0 Å². The number of hydrogen-bond donors (Lipinski definition) is 2. The largest absolute Gasteiger partial charge is 0.387 e. The molecule has 3 nitrogen and oxygen atoms in total. The highest BCUT2D eigenvalue weighted by molar-refractivity contribution is 5.76. The predicted molar refractivity (Wildman–Crippen MR) is 127 cm³/mol. The van der Waals surface area contributed by atoms with E-state index in [0.29, 0.717) is 6.42 Å². The number of carbonyl (C=O) groups excluding carboxylic acids is 1. The Morgan fingerprint density at radius 2 is 1.21 bits per heavy atom. The number of aliphatic hydroxyl groups is 1. The maximum atomic E-state index is 11.9. The number of hydrogen-bond acceptors (Lipinski definition) is 2. The number of nitrogens with one attached hydrogen (secondary N) is 1. The van der Waals surface area contributed by atoms with E-state index in [9.17, 15) is 9.90 Å². The molecule has 0 spiro atoms. The topological polar surface area (TPSA) is 49.3 Å². The molecule has 0 radical (unpaired) electrons. The van der Waals surface area contributed by atoms with Crippen molar-refractivity contribution < 1.29 is 9.90 Å². The molecular formula is C26H51NO2. The molecule has 0 fully saturated rings. The van der Waals surface area contributed by atoms with Crippen molar-refractivity contribution in [3.05, 3.63) is 12.2 Å². The van der Waals surface area contributed by atoms with Gasteiger partial charge in [-0.15, -0.1) is 0 Å². The molecule has 0 rings (SSSR count). The van der Waals surface area contributed by atoms with Crippen LogP contribution in [0.3, 0.4) is 0 Å². The van der Waals surface area contributed by atoms with Crippen LogP contribution in [0.4, 0.5) is 0 Å². The van der Waals surface area contributed by atoms with Gasteiger partial charge in [0, 0.05) is 6.42 Å². The number of aliphatic hydroxyl groups excluding tert-OH is 1. The zero-order valence-electron chi connectivity index (χ0n) is 19.9. The van der Waals surface area contributed by atoms with E-state index in [1.165, 1.54) is 89.9 Å². The number of rotatable bonds is 21. The lowest BCUT2D eigenvalue weighted by molar-refractivity contribution is -0.122. The van der Waals surface area contributed by atoms with Gasteiger partial charge in [-0.2, -0.15) is 0 Å². The van der Waals surface area contributed by atoms with E-state index in [1.54, 1.807) is 0 Å². The molecule has 0 unspecified atom stereocenters. The van der Waals surface area contributed by atoms with Gasteiger partial charge in [-0.25, -0.2) is 0 Å². The minimum atomic E-state index is -0.591. The second kappa shape index (κ2) is 21.9. The summed E-state index contributed by atoms with van der Waals surface area (Å²) < 4.78 is 0. The summed E-state index contributed by atoms with van der Waals surface area (Å²) in [6.07, 6.45) is 25.6. The first-order valence-electron chi connectivity index (χ1n) is 12.8. The summed E-state index contributed by atoms with van der Waals surface area (Å²) >= 11 is 0. The Morgan fingerprint density at radius 1 is 0.759 bits per heavy atom. The first-order chi connectivity index (χ1) is 14.1. The number of allylic oxidation sites excluding steroid dienone is 1. The van der Waals surface area contributed by atoms with Crippen molar-refractivity contribution in [1.29, 1.82) is 0 Å². The standard InChI is InChI=1S/C26H51NO2/c1-4-6-8-10-11-12-13-14-15-16-17-19-20-22-25(28)24(3)27-26(29)23-21-18-9-7-5-2/h20,22,24-25,28H,4-19,21,23H2,1-3H3,(H,27,29)/b22-20+/t24-,25+/m0/s1. The van der Waals surface area contributed by atoms with Crippen LogP contribution in [0.15, 0.2) is 12.2 Å². The Morgan fingerprint density at radius 3 is 1.72 bits per heavy atom. The molecule has 1 amide bonds. The second-order valence-electron chi connectivity index (χ2n) is 8.76. The zero-order valence-corrected chi connectivity index (χ0v) is 19.9. The first-order valence-corrected chi connectivity index (χ1v) is 12.8. The molecule has 0 heterocycles. The van der Waals surface area contributed by atoms with Gasteiger partial charge in [0.05, 0.1) is 12.1 Å². The minimum Gasteiger partial charge on any atom is -0.387 e. The average molecular weight is 410 g/mol. The monoisotopic (exact) mass is 409 g/mol. The highest BCUT2D eigenvalue weighted by atomic mass is 16.3. The summed E-state index contributed by atoms with van der Waals surface area (Å²) in [6, 6.07) is -0.216. The normalized spacial score (nSPS) is 13.7. The number of carbonyl (C=O) groups is 1. The van der Waals surface area contributed by atoms with E-state index in [0.717, 1.165) is 19.3 Å². The summed E-state index contributed by atoms with van der Waals surface area (Å²) in [7, 11) is 0. The van der Waals surface area contributed by atoms with Crippen LogP contribution < -0.4 is 5.32 Å². The van der Waals surface area contributed by atoms with Crippen LogP contribution in [-0.4, -0.2) is 23.2 Å². The SMILES string of the molecule is CCCCCCCCCCCCC/C=C/[C@@H](O)[C@H](C)NC(=O)CCCCCCC. The summed E-state index contributed by atoms with van der Waals surface area (Å²) in [5, 5.41) is 13.1. The van der Waals surface area contributed by atoms with Gasteiger partial charge < -0.3 is 10.4 Å². The maximum Gasteiger partial charge on any atom is 0.220 e. The molecule has 0 aromatic heterocycles. The van der Waals surface area contributed by atoms with Gasteiger partial charge in [-0.3, -0.25) is 4.79 Å². The van der Waals surface area contributed by atoms with E-state index >= 15 is 0 Å². The molecule has 172 valence electrons. The van der Waals surface area contributed by atoms with E-state index < -0.39 is 6.10 Å². The van der Waals surface area contributed by atoms with E-state index in [2.05, 4.69) is 25.2 Å². The lowest BCUT2D eigenvalue weighted by atomic mass is 10.0. The van der Waals surface area contributed by atoms with Crippen molar-refractivity contribution in [1.82, 2.24) is 5.32 Å². The van der Waals surface area contributed by atoms with Crippen molar-refractivity contribution in [2.75, 3.05) is 0 Å². The van der Waals surface area contributed by atoms with Gasteiger partial charge in [0.2, 0.25) is 5.91 Å². The number of amides is 1. The van der Waals surface area contributed by atoms with E-state index in [1.807, 2.05) is 13.0 Å². The molecule has 2 atom stereocenters. The van der Waals surface area contributed by atoms with E-state index in [-0.39, 0.29) is 11.9 Å². The quantitative estimate of drug-likeness (QED) is 0.152. The van der Waals surface area contributed by atoms with Crippen LogP contribution >= 0.6 is 0 Å². The lowest BCUT2D eigenvalue weighted by Gasteiger charge is -2.17. The highest BCUT2D eigenvalue weighted by Gasteiger charge is 2.13. The molecule has 0 bridgehead atoms. The molecule has 0 aromatic carbocycles. The Bertz CT molecular complexity index is 381. The van der Waals surface area contributed by atoms with E-state index in [4.69, 9.17) is 0 Å². The van der Waals surface area contributed by atoms with Gasteiger partial charge in [0.25, 0.3) is 0 Å². The second-order valence-corrected chi connectivity index (χ2v) is 8.76. The van der Waals surface area contributed by atoms with Gasteiger partial charge in [-0.05, 0) is 26.2 Å². The third-order valence-corrected chi connectivity index (χ3v) is 5.72. The molecule has 0 saturated carbocycles. The Labute approximate surface area is 182 Å². The van der Waals surface area contributed by atoms with Crippen LogP contribution in [0.1, 0.15) is 136 Å². The molecule has 29 heavy (non-hydrogen) atoms. The fraction of sp³-hybridized carbons (Fsp3) is 0.885. The summed E-state index contributed by atoms with van der Waals surface area (Å²) in [5.74, 6) is 0.0619. The predicted octanol–water partition coefficient (Wildman–Crippen LogP) is 7.47. The summed E-state index contributed by atoms with van der Waals surface area (Å²) in [6.45, 7) is 6.35. The first kappa shape index (κ1) is 28.2. The van der Waals surface area contributed by atoms with Gasteiger partial charge in [0.15, 0.2) is 0 Å². The fourth-order valence-corrected chi connectivity index (χ4v) is 3.63. The molecule has 0 aliphatic carbocycles.